The number of hydrogen-bond acceptors (Lipinski definition) is 5. The molecule has 0 radical (unpaired) electrons. The Hall–Kier alpha value is -3.42. The fraction of sp³-hybridized carbons (Fsp3) is 0.417. The molecule has 2 aromatic heterocycles. The van der Waals surface area contributed by atoms with Crippen molar-refractivity contribution >= 4 is 22.6 Å². The summed E-state index contributed by atoms with van der Waals surface area (Å²) >= 11 is 0. The van der Waals surface area contributed by atoms with E-state index in [4.69, 9.17) is 4.74 Å². The van der Waals surface area contributed by atoms with Crippen molar-refractivity contribution in [2.45, 2.75) is 52.1 Å². The Morgan fingerprint density at radius 1 is 1.09 bits per heavy atom. The van der Waals surface area contributed by atoms with E-state index in [0.29, 0.717) is 35.0 Å². The predicted molar refractivity (Wildman–Crippen MR) is 123 cm³/mol. The quantitative estimate of drug-likeness (QED) is 0.614. The Labute approximate surface area is 185 Å². The van der Waals surface area contributed by atoms with Gasteiger partial charge in [0, 0.05) is 12.7 Å². The number of aromatic nitrogens is 3. The number of nitrogens with one attached hydrogen (secondary N) is 1. The summed E-state index contributed by atoms with van der Waals surface area (Å²) in [5.74, 6) is 0.948. The number of hydrogen-bond donors (Lipinski definition) is 1. The van der Waals surface area contributed by atoms with Crippen LogP contribution < -0.4 is 21.3 Å². The number of rotatable bonds is 7. The van der Waals surface area contributed by atoms with Gasteiger partial charge in [0.05, 0.1) is 17.5 Å². The van der Waals surface area contributed by atoms with Crippen LogP contribution in [0, 0.1) is 5.92 Å². The fourth-order valence-electron chi connectivity index (χ4n) is 4.28. The highest BCUT2D eigenvalue weighted by atomic mass is 16.5. The normalized spacial score (nSPS) is 14.4. The molecular formula is C24H28N4O4. The number of carbonyl (C=O) groups excluding carboxylic acids is 1. The summed E-state index contributed by atoms with van der Waals surface area (Å²) in [5.41, 5.74) is -0.439. The van der Waals surface area contributed by atoms with Crippen LogP contribution in [0.3, 0.4) is 0 Å². The van der Waals surface area contributed by atoms with Gasteiger partial charge in [-0.25, -0.2) is 9.78 Å². The lowest BCUT2D eigenvalue weighted by Gasteiger charge is -2.22. The monoisotopic (exact) mass is 436 g/mol. The number of nitrogens with zero attached hydrogens (tertiary/aromatic N) is 3. The van der Waals surface area contributed by atoms with Gasteiger partial charge in [0.2, 0.25) is 5.91 Å². The molecule has 8 heteroatoms. The maximum absolute atomic E-state index is 12.9. The average Bonchev–Trinajstić information content (AvgIpc) is 2.82. The fourth-order valence-corrected chi connectivity index (χ4v) is 4.28. The number of fused-ring (bicyclic) bond motifs is 1. The molecule has 168 valence electrons. The van der Waals surface area contributed by atoms with Gasteiger partial charge in [-0.05, 0) is 49.9 Å². The Morgan fingerprint density at radius 3 is 2.66 bits per heavy atom. The van der Waals surface area contributed by atoms with E-state index in [0.717, 1.165) is 17.4 Å². The number of carbonyl (C=O) groups is 1. The first-order chi connectivity index (χ1) is 15.6. The van der Waals surface area contributed by atoms with Crippen LogP contribution in [0.4, 0.5) is 5.82 Å². The van der Waals surface area contributed by atoms with Crippen molar-refractivity contribution in [3.05, 3.63) is 63.4 Å². The molecule has 1 amide bonds. The van der Waals surface area contributed by atoms with Gasteiger partial charge in [0.15, 0.2) is 11.6 Å². The van der Waals surface area contributed by atoms with Crippen molar-refractivity contribution < 1.29 is 9.53 Å². The van der Waals surface area contributed by atoms with Gasteiger partial charge in [-0.3, -0.25) is 18.7 Å². The van der Waals surface area contributed by atoms with E-state index >= 15 is 0 Å². The molecule has 1 aliphatic carbocycles. The molecule has 0 aliphatic heterocycles. The van der Waals surface area contributed by atoms with Crippen molar-refractivity contribution in [1.82, 2.24) is 14.1 Å². The largest absolute Gasteiger partial charge is 0.489 e. The van der Waals surface area contributed by atoms with Gasteiger partial charge in [-0.2, -0.15) is 0 Å². The molecule has 32 heavy (non-hydrogen) atoms. The van der Waals surface area contributed by atoms with Gasteiger partial charge < -0.3 is 10.1 Å². The molecule has 1 N–H and O–H groups in total. The van der Waals surface area contributed by atoms with Crippen molar-refractivity contribution in [2.75, 3.05) is 11.9 Å². The lowest BCUT2D eigenvalue weighted by molar-refractivity contribution is -0.116. The number of pyridine rings is 1. The molecule has 1 fully saturated rings. The number of anilines is 1. The van der Waals surface area contributed by atoms with Crippen molar-refractivity contribution in [3.63, 3.8) is 0 Å². The van der Waals surface area contributed by atoms with Gasteiger partial charge >= 0.3 is 5.69 Å². The van der Waals surface area contributed by atoms with Crippen LogP contribution >= 0.6 is 0 Å². The zero-order chi connectivity index (χ0) is 22.5. The zero-order valence-electron chi connectivity index (χ0n) is 18.3. The first-order valence-corrected chi connectivity index (χ1v) is 11.2. The summed E-state index contributed by atoms with van der Waals surface area (Å²) in [5, 5.41) is 3.17. The van der Waals surface area contributed by atoms with E-state index in [1.54, 1.807) is 49.5 Å². The minimum Gasteiger partial charge on any atom is -0.489 e. The maximum atomic E-state index is 12.9. The molecule has 0 saturated heterocycles. The highest BCUT2D eigenvalue weighted by molar-refractivity contribution is 5.92. The number of amides is 1. The van der Waals surface area contributed by atoms with Crippen LogP contribution in [0.2, 0.25) is 0 Å². The molecule has 8 nitrogen and oxygen atoms in total. The summed E-state index contributed by atoms with van der Waals surface area (Å²) in [4.78, 5) is 42.6. The molecular weight excluding hydrogens is 408 g/mol. The molecule has 4 rings (SSSR count). The molecule has 0 spiro atoms. The van der Waals surface area contributed by atoms with E-state index in [1.165, 1.54) is 23.8 Å². The van der Waals surface area contributed by atoms with Gasteiger partial charge in [-0.1, -0.05) is 31.4 Å². The summed E-state index contributed by atoms with van der Waals surface area (Å²) in [6.45, 7) is 2.31. The van der Waals surface area contributed by atoms with Crippen molar-refractivity contribution in [2.24, 2.45) is 5.92 Å². The van der Waals surface area contributed by atoms with Crippen LogP contribution in [0.15, 0.2) is 52.2 Å². The molecule has 1 saturated carbocycles. The molecule has 0 unspecified atom stereocenters. The third-order valence-electron chi connectivity index (χ3n) is 5.98. The maximum Gasteiger partial charge on any atom is 0.331 e. The summed E-state index contributed by atoms with van der Waals surface area (Å²) in [7, 11) is 0. The summed E-state index contributed by atoms with van der Waals surface area (Å²) in [6.07, 6.45) is 7.64. The van der Waals surface area contributed by atoms with E-state index < -0.39 is 11.6 Å². The zero-order valence-corrected chi connectivity index (χ0v) is 18.3. The standard InChI is InChI=1S/C24H28N4O4/c1-2-27-23(30)18-11-6-7-12-19(18)28(24(27)31)15-21(29)26-22-20(13-8-14-25-22)32-16-17-9-4-3-5-10-17/h6-8,11-14,17H,2-5,9-10,15-16H2,1H3,(H,25,26,29). The number of para-hydroxylation sites is 1. The van der Waals surface area contributed by atoms with Gasteiger partial charge in [-0.15, -0.1) is 0 Å². The van der Waals surface area contributed by atoms with E-state index in [-0.39, 0.29) is 18.6 Å². The number of ether oxygens (including phenoxy) is 1. The Kier molecular flexibility index (Phi) is 6.68. The SMILES string of the molecule is CCn1c(=O)c2ccccc2n(CC(=O)Nc2ncccc2OCC2CCCCC2)c1=O. The second-order valence-electron chi connectivity index (χ2n) is 8.15. The first kappa shape index (κ1) is 21.8. The second-order valence-corrected chi connectivity index (χ2v) is 8.15. The molecule has 3 aromatic rings. The van der Waals surface area contributed by atoms with Crippen molar-refractivity contribution in [3.8, 4) is 5.75 Å². The van der Waals surface area contributed by atoms with E-state index in [1.807, 2.05) is 0 Å². The third-order valence-corrected chi connectivity index (χ3v) is 5.98. The lowest BCUT2D eigenvalue weighted by Crippen LogP contribution is -2.41. The molecule has 1 aromatic carbocycles. The van der Waals surface area contributed by atoms with Crippen LogP contribution in [0.25, 0.3) is 10.9 Å². The minimum atomic E-state index is -0.513. The average molecular weight is 437 g/mol. The minimum absolute atomic E-state index is 0.226. The second kappa shape index (κ2) is 9.80. The predicted octanol–water partition coefficient (Wildman–Crippen LogP) is 3.18. The Morgan fingerprint density at radius 2 is 1.88 bits per heavy atom. The summed E-state index contributed by atoms with van der Waals surface area (Å²) < 4.78 is 8.44. The topological polar surface area (TPSA) is 95.2 Å². The van der Waals surface area contributed by atoms with Crippen LogP contribution in [-0.2, 0) is 17.9 Å². The van der Waals surface area contributed by atoms with Crippen LogP contribution in [0.1, 0.15) is 39.0 Å². The molecule has 0 bridgehead atoms. The number of benzene rings is 1. The molecule has 2 heterocycles. The van der Waals surface area contributed by atoms with Gasteiger partial charge in [0.25, 0.3) is 5.56 Å². The molecule has 0 atom stereocenters. The van der Waals surface area contributed by atoms with E-state index in [9.17, 15) is 14.4 Å². The van der Waals surface area contributed by atoms with Crippen molar-refractivity contribution in [1.29, 1.82) is 0 Å². The first-order valence-electron chi connectivity index (χ1n) is 11.2. The lowest BCUT2D eigenvalue weighted by atomic mass is 9.90. The Balaban J connectivity index is 1.54. The highest BCUT2D eigenvalue weighted by Gasteiger charge is 2.18. The van der Waals surface area contributed by atoms with Crippen LogP contribution in [-0.4, -0.2) is 26.6 Å². The van der Waals surface area contributed by atoms with Gasteiger partial charge in [0.1, 0.15) is 6.54 Å². The van der Waals surface area contributed by atoms with E-state index in [2.05, 4.69) is 10.3 Å². The Bertz CT molecular complexity index is 1220. The highest BCUT2D eigenvalue weighted by Crippen LogP contribution is 2.27. The molecule has 1 aliphatic rings. The third kappa shape index (κ3) is 4.59. The summed E-state index contributed by atoms with van der Waals surface area (Å²) in [6, 6.07) is 10.4. The smallest absolute Gasteiger partial charge is 0.331 e. The van der Waals surface area contributed by atoms with Crippen LogP contribution in [0.5, 0.6) is 5.75 Å².